The van der Waals surface area contributed by atoms with Crippen LogP contribution in [0.3, 0.4) is 0 Å². The third kappa shape index (κ3) is 2.39. The molecule has 2 aliphatic rings. The highest BCUT2D eigenvalue weighted by molar-refractivity contribution is 6.02. The number of rotatable bonds is 2. The lowest BCUT2D eigenvalue weighted by Gasteiger charge is -2.37. The molecule has 0 radical (unpaired) electrons. The van der Waals surface area contributed by atoms with Gasteiger partial charge in [-0.15, -0.1) is 0 Å². The van der Waals surface area contributed by atoms with Gasteiger partial charge in [-0.3, -0.25) is 4.79 Å². The summed E-state index contributed by atoms with van der Waals surface area (Å²) in [6.45, 7) is 0.711. The lowest BCUT2D eigenvalue weighted by molar-refractivity contribution is -0.0866. The molecule has 1 aliphatic heterocycles. The van der Waals surface area contributed by atoms with Gasteiger partial charge in [0.25, 0.3) is 0 Å². The van der Waals surface area contributed by atoms with Crippen LogP contribution in [0.5, 0.6) is 0 Å². The van der Waals surface area contributed by atoms with E-state index in [1.54, 1.807) is 6.07 Å². The predicted octanol–water partition coefficient (Wildman–Crippen LogP) is 3.19. The number of Topliss-reactive ketones (excluding diaryl/α,β-unsaturated/α-hetero) is 1. The predicted molar refractivity (Wildman–Crippen MR) is 75.1 cm³/mol. The number of carbonyl (C=O) groups is 1. The molecule has 1 saturated heterocycles. The Hall–Kier alpha value is -1.35. The second kappa shape index (κ2) is 4.97. The van der Waals surface area contributed by atoms with E-state index in [-0.39, 0.29) is 17.3 Å². The van der Waals surface area contributed by atoms with Gasteiger partial charge in [0.05, 0.1) is 5.60 Å². The maximum absolute atomic E-state index is 12.6. The Balaban J connectivity index is 1.78. The van der Waals surface area contributed by atoms with Crippen LogP contribution < -0.4 is 5.73 Å². The number of hydrogen-bond acceptors (Lipinski definition) is 3. The topological polar surface area (TPSA) is 52.3 Å². The molecule has 1 aromatic rings. The van der Waals surface area contributed by atoms with Crippen LogP contribution in [-0.4, -0.2) is 18.0 Å². The van der Waals surface area contributed by atoms with Crippen molar-refractivity contribution >= 4 is 11.5 Å². The van der Waals surface area contributed by atoms with Gasteiger partial charge < -0.3 is 10.5 Å². The molecule has 0 amide bonds. The summed E-state index contributed by atoms with van der Waals surface area (Å²) in [5, 5.41) is 0. The number of anilines is 1. The lowest BCUT2D eigenvalue weighted by Crippen LogP contribution is -2.39. The molecule has 1 spiro atoms. The van der Waals surface area contributed by atoms with Crippen molar-refractivity contribution in [3.8, 4) is 0 Å². The van der Waals surface area contributed by atoms with Crippen molar-refractivity contribution in [3.05, 3.63) is 29.8 Å². The summed E-state index contributed by atoms with van der Waals surface area (Å²) in [4.78, 5) is 12.6. The molecule has 3 rings (SSSR count). The summed E-state index contributed by atoms with van der Waals surface area (Å²) >= 11 is 0. The summed E-state index contributed by atoms with van der Waals surface area (Å²) in [6, 6.07) is 7.40. The van der Waals surface area contributed by atoms with Crippen molar-refractivity contribution in [1.29, 1.82) is 0 Å². The van der Waals surface area contributed by atoms with E-state index >= 15 is 0 Å². The smallest absolute Gasteiger partial charge is 0.168 e. The van der Waals surface area contributed by atoms with Crippen LogP contribution in [0.1, 0.15) is 48.9 Å². The Morgan fingerprint density at radius 2 is 2.00 bits per heavy atom. The molecule has 1 unspecified atom stereocenters. The number of hydrogen-bond donors (Lipinski definition) is 1. The number of ether oxygens (including phenoxy) is 1. The Kier molecular flexibility index (Phi) is 3.31. The first kappa shape index (κ1) is 12.7. The molecular weight excluding hydrogens is 238 g/mol. The summed E-state index contributed by atoms with van der Waals surface area (Å²) in [7, 11) is 0. The molecule has 1 atom stereocenters. The molecular formula is C16H21NO2. The van der Waals surface area contributed by atoms with Crippen molar-refractivity contribution in [2.75, 3.05) is 12.3 Å². The van der Waals surface area contributed by atoms with Gasteiger partial charge in [0.1, 0.15) is 0 Å². The van der Waals surface area contributed by atoms with Gasteiger partial charge in [0.15, 0.2) is 5.78 Å². The normalized spacial score (nSPS) is 25.6. The third-order valence-electron chi connectivity index (χ3n) is 4.60. The molecule has 1 saturated carbocycles. The highest BCUT2D eigenvalue weighted by Gasteiger charge is 2.42. The minimum absolute atomic E-state index is 0.0118. The van der Waals surface area contributed by atoms with Crippen molar-refractivity contribution in [2.24, 2.45) is 5.92 Å². The van der Waals surface area contributed by atoms with Gasteiger partial charge in [0.2, 0.25) is 0 Å². The van der Waals surface area contributed by atoms with E-state index in [1.165, 1.54) is 12.8 Å². The Morgan fingerprint density at radius 1 is 1.26 bits per heavy atom. The number of benzene rings is 1. The molecule has 2 fully saturated rings. The molecule has 19 heavy (non-hydrogen) atoms. The van der Waals surface area contributed by atoms with E-state index in [1.807, 2.05) is 18.2 Å². The van der Waals surface area contributed by atoms with Gasteiger partial charge in [-0.25, -0.2) is 0 Å². The molecule has 1 aliphatic carbocycles. The van der Waals surface area contributed by atoms with Gasteiger partial charge in [0, 0.05) is 23.8 Å². The number of ketones is 1. The molecule has 3 nitrogen and oxygen atoms in total. The minimum atomic E-state index is -0.0118. The average Bonchev–Trinajstić information content (AvgIpc) is 2.86. The van der Waals surface area contributed by atoms with E-state index in [0.29, 0.717) is 17.9 Å². The maximum Gasteiger partial charge on any atom is 0.168 e. The fraction of sp³-hybridized carbons (Fsp3) is 0.562. The van der Waals surface area contributed by atoms with Gasteiger partial charge in [-0.2, -0.15) is 0 Å². The van der Waals surface area contributed by atoms with E-state index in [9.17, 15) is 4.79 Å². The third-order valence-corrected chi connectivity index (χ3v) is 4.60. The van der Waals surface area contributed by atoms with Crippen LogP contribution in [0.4, 0.5) is 5.69 Å². The first-order valence-electron chi connectivity index (χ1n) is 7.23. The number of carbonyl (C=O) groups excluding carboxylic acids is 1. The van der Waals surface area contributed by atoms with Crippen molar-refractivity contribution in [1.82, 2.24) is 0 Å². The highest BCUT2D eigenvalue weighted by Crippen LogP contribution is 2.43. The number of nitrogens with two attached hydrogens (primary N) is 1. The average molecular weight is 259 g/mol. The van der Waals surface area contributed by atoms with Crippen LogP contribution in [-0.2, 0) is 4.74 Å². The number of nitrogen functional groups attached to an aromatic ring is 1. The lowest BCUT2D eigenvalue weighted by atomic mass is 9.80. The SMILES string of the molecule is Nc1ccccc1C(=O)C1CCOC2(CCCC2)C1. The van der Waals surface area contributed by atoms with Crippen molar-refractivity contribution in [3.63, 3.8) is 0 Å². The summed E-state index contributed by atoms with van der Waals surface area (Å²) in [6.07, 6.45) is 6.39. The molecule has 102 valence electrons. The first-order chi connectivity index (χ1) is 9.20. The Bertz CT molecular complexity index is 477. The van der Waals surface area contributed by atoms with Gasteiger partial charge in [-0.05, 0) is 37.8 Å². The second-order valence-corrected chi connectivity index (χ2v) is 5.88. The minimum Gasteiger partial charge on any atom is -0.398 e. The Morgan fingerprint density at radius 3 is 2.74 bits per heavy atom. The maximum atomic E-state index is 12.6. The second-order valence-electron chi connectivity index (χ2n) is 5.88. The molecule has 0 aromatic heterocycles. The van der Waals surface area contributed by atoms with Crippen LogP contribution >= 0.6 is 0 Å². The summed E-state index contributed by atoms with van der Waals surface area (Å²) < 4.78 is 5.99. The first-order valence-corrected chi connectivity index (χ1v) is 7.23. The summed E-state index contributed by atoms with van der Waals surface area (Å²) in [5.74, 6) is 0.282. The van der Waals surface area contributed by atoms with Crippen LogP contribution in [0.25, 0.3) is 0 Å². The standard InChI is InChI=1S/C16H21NO2/c17-14-6-2-1-5-13(14)15(18)12-7-10-19-16(11-12)8-3-4-9-16/h1-2,5-6,12H,3-4,7-11,17H2. The monoisotopic (exact) mass is 259 g/mol. The fourth-order valence-electron chi connectivity index (χ4n) is 3.56. The zero-order chi connectivity index (χ0) is 13.3. The molecule has 1 heterocycles. The van der Waals surface area contributed by atoms with Crippen LogP contribution in [0.2, 0.25) is 0 Å². The van der Waals surface area contributed by atoms with Crippen LogP contribution in [0, 0.1) is 5.92 Å². The van der Waals surface area contributed by atoms with E-state index in [4.69, 9.17) is 10.5 Å². The van der Waals surface area contributed by atoms with Crippen molar-refractivity contribution in [2.45, 2.75) is 44.1 Å². The van der Waals surface area contributed by atoms with Crippen molar-refractivity contribution < 1.29 is 9.53 Å². The Labute approximate surface area is 114 Å². The van der Waals surface area contributed by atoms with E-state index in [2.05, 4.69) is 0 Å². The zero-order valence-electron chi connectivity index (χ0n) is 11.2. The molecule has 1 aromatic carbocycles. The molecule has 2 N–H and O–H groups in total. The van der Waals surface area contributed by atoms with E-state index < -0.39 is 0 Å². The molecule has 3 heteroatoms. The zero-order valence-corrected chi connectivity index (χ0v) is 11.2. The molecule has 0 bridgehead atoms. The highest BCUT2D eigenvalue weighted by atomic mass is 16.5. The summed E-state index contributed by atoms with van der Waals surface area (Å²) in [5.41, 5.74) is 7.19. The fourth-order valence-corrected chi connectivity index (χ4v) is 3.56. The van der Waals surface area contributed by atoms with Gasteiger partial charge >= 0.3 is 0 Å². The van der Waals surface area contributed by atoms with Crippen LogP contribution in [0.15, 0.2) is 24.3 Å². The van der Waals surface area contributed by atoms with E-state index in [0.717, 1.165) is 25.7 Å². The largest absolute Gasteiger partial charge is 0.398 e. The van der Waals surface area contributed by atoms with Gasteiger partial charge in [-0.1, -0.05) is 25.0 Å². The number of para-hydroxylation sites is 1. The quantitative estimate of drug-likeness (QED) is 0.655.